The van der Waals surface area contributed by atoms with Crippen LogP contribution < -0.4 is 24.7 Å². The largest absolute Gasteiger partial charge is 0.496 e. The Balaban J connectivity index is 0.000000188. The van der Waals surface area contributed by atoms with Gasteiger partial charge in [0.1, 0.15) is 23.0 Å². The minimum atomic E-state index is -0.437. The number of nitrogens with zero attached hydrogens (tertiary/aromatic N) is 3. The van der Waals surface area contributed by atoms with Crippen LogP contribution in [-0.2, 0) is 0 Å². The summed E-state index contributed by atoms with van der Waals surface area (Å²) < 4.78 is 21.4. The summed E-state index contributed by atoms with van der Waals surface area (Å²) in [5.74, 6) is 2.70. The highest BCUT2D eigenvalue weighted by atomic mass is 16.6. The third-order valence-corrected chi connectivity index (χ3v) is 7.54. The lowest BCUT2D eigenvalue weighted by atomic mass is 10.0. The summed E-state index contributed by atoms with van der Waals surface area (Å²) in [7, 11) is 6.37. The van der Waals surface area contributed by atoms with Crippen LogP contribution in [0.15, 0.2) is 122 Å². The van der Waals surface area contributed by atoms with Crippen molar-refractivity contribution in [2.45, 2.75) is 0 Å². The van der Waals surface area contributed by atoms with Crippen LogP contribution in [0.3, 0.4) is 0 Å². The number of anilines is 1. The zero-order chi connectivity index (χ0) is 34.0. The first kappa shape index (κ1) is 33.0. The topological polar surface area (TPSA) is 132 Å². The molecule has 0 aliphatic heterocycles. The first-order valence-corrected chi connectivity index (χ1v) is 14.8. The Hall–Kier alpha value is -6.42. The Morgan fingerprint density at radius 1 is 0.542 bits per heavy atom. The van der Waals surface area contributed by atoms with Gasteiger partial charge >= 0.3 is 0 Å². The molecule has 6 aromatic rings. The van der Waals surface area contributed by atoms with E-state index >= 15 is 0 Å². The maximum Gasteiger partial charge on any atom is 0.296 e. The number of ether oxygens (including phenoxy) is 4. The molecule has 2 heterocycles. The van der Waals surface area contributed by atoms with Gasteiger partial charge in [0, 0.05) is 51.8 Å². The van der Waals surface area contributed by atoms with E-state index in [0.717, 1.165) is 33.8 Å². The van der Waals surface area contributed by atoms with Crippen molar-refractivity contribution in [3.05, 3.63) is 132 Å². The number of aromatic nitrogens is 2. The van der Waals surface area contributed by atoms with Gasteiger partial charge in [-0.1, -0.05) is 60.7 Å². The Bertz CT molecular complexity index is 2050. The first-order chi connectivity index (χ1) is 23.4. The molecule has 0 unspecified atom stereocenters. The van der Waals surface area contributed by atoms with Gasteiger partial charge in [-0.05, 0) is 42.5 Å². The number of rotatable bonds is 9. The van der Waals surface area contributed by atoms with Gasteiger partial charge in [-0.25, -0.2) is 4.98 Å². The fourth-order valence-corrected chi connectivity index (χ4v) is 5.25. The van der Waals surface area contributed by atoms with E-state index < -0.39 is 4.92 Å². The molecule has 0 bridgehead atoms. The van der Waals surface area contributed by atoms with E-state index in [2.05, 4.69) is 9.97 Å². The molecule has 242 valence electrons. The lowest BCUT2D eigenvalue weighted by molar-refractivity contribution is -0.384. The summed E-state index contributed by atoms with van der Waals surface area (Å²) in [4.78, 5) is 20.1. The maximum atomic E-state index is 11.6. The van der Waals surface area contributed by atoms with Gasteiger partial charge in [0.05, 0.1) is 44.7 Å². The van der Waals surface area contributed by atoms with Crippen molar-refractivity contribution in [3.63, 3.8) is 0 Å². The van der Waals surface area contributed by atoms with Crippen LogP contribution in [0, 0.1) is 10.1 Å². The standard InChI is InChI=1S/C19H16N2O4.C19H18N2O2/c1-24-17-9-5-3-7-14(17)13-11-16(21(22)23)19(20-12-13)15-8-4-6-10-18(15)25-2;1-22-17-9-5-3-7-14(17)13-11-16(20)19(21-12-13)15-8-4-6-10-18(15)23-2/h3-12H,1-2H3;3-12H,20H2,1-2H3. The van der Waals surface area contributed by atoms with Gasteiger partial charge in [0.2, 0.25) is 0 Å². The van der Waals surface area contributed by atoms with Crippen molar-refractivity contribution in [3.8, 4) is 67.8 Å². The van der Waals surface area contributed by atoms with Gasteiger partial charge < -0.3 is 24.7 Å². The minimum Gasteiger partial charge on any atom is -0.496 e. The van der Waals surface area contributed by atoms with Crippen molar-refractivity contribution in [2.75, 3.05) is 34.2 Å². The Kier molecular flexibility index (Phi) is 10.5. The van der Waals surface area contributed by atoms with Crippen LogP contribution in [0.5, 0.6) is 23.0 Å². The van der Waals surface area contributed by atoms with E-state index in [4.69, 9.17) is 24.7 Å². The second kappa shape index (κ2) is 15.2. The molecule has 0 spiro atoms. The Labute approximate surface area is 278 Å². The molecule has 10 heteroatoms. The van der Waals surface area contributed by atoms with Gasteiger partial charge in [-0.3, -0.25) is 15.1 Å². The monoisotopic (exact) mass is 642 g/mol. The molecule has 0 saturated carbocycles. The molecule has 0 radical (unpaired) electrons. The Morgan fingerprint density at radius 2 is 0.896 bits per heavy atom. The van der Waals surface area contributed by atoms with Crippen LogP contribution in [-0.4, -0.2) is 43.3 Å². The third kappa shape index (κ3) is 7.02. The van der Waals surface area contributed by atoms with Gasteiger partial charge in [-0.2, -0.15) is 0 Å². The second-order valence-electron chi connectivity index (χ2n) is 10.3. The Morgan fingerprint density at radius 3 is 1.31 bits per heavy atom. The summed E-state index contributed by atoms with van der Waals surface area (Å²) in [5.41, 5.74) is 12.4. The number of hydrogen-bond donors (Lipinski definition) is 1. The number of para-hydroxylation sites is 4. The highest BCUT2D eigenvalue weighted by molar-refractivity contribution is 5.82. The third-order valence-electron chi connectivity index (χ3n) is 7.54. The fraction of sp³-hybridized carbons (Fsp3) is 0.105. The van der Waals surface area contributed by atoms with Crippen molar-refractivity contribution in [1.82, 2.24) is 9.97 Å². The minimum absolute atomic E-state index is 0.0899. The number of nitrogen functional groups attached to an aromatic ring is 1. The smallest absolute Gasteiger partial charge is 0.296 e. The summed E-state index contributed by atoms with van der Waals surface area (Å²) in [6.45, 7) is 0. The maximum absolute atomic E-state index is 11.6. The predicted molar refractivity (Wildman–Crippen MR) is 187 cm³/mol. The average molecular weight is 643 g/mol. The number of benzene rings is 4. The van der Waals surface area contributed by atoms with Crippen molar-refractivity contribution >= 4 is 11.4 Å². The molecule has 0 saturated heterocycles. The fourth-order valence-electron chi connectivity index (χ4n) is 5.25. The normalized spacial score (nSPS) is 10.3. The zero-order valence-corrected chi connectivity index (χ0v) is 26.9. The number of nitrogens with two attached hydrogens (primary N) is 1. The molecule has 0 aliphatic carbocycles. The number of methoxy groups -OCH3 is 4. The molecule has 6 rings (SSSR count). The van der Waals surface area contributed by atoms with Crippen LogP contribution in [0.2, 0.25) is 0 Å². The molecule has 0 aliphatic rings. The molecular formula is C38H34N4O6. The van der Waals surface area contributed by atoms with Crippen LogP contribution in [0.1, 0.15) is 0 Å². The van der Waals surface area contributed by atoms with E-state index in [1.54, 1.807) is 64.1 Å². The highest BCUT2D eigenvalue weighted by Gasteiger charge is 2.22. The van der Waals surface area contributed by atoms with E-state index in [9.17, 15) is 10.1 Å². The van der Waals surface area contributed by atoms with E-state index in [1.165, 1.54) is 13.2 Å². The molecule has 0 atom stereocenters. The van der Waals surface area contributed by atoms with Crippen molar-refractivity contribution in [2.24, 2.45) is 0 Å². The van der Waals surface area contributed by atoms with Crippen molar-refractivity contribution < 1.29 is 23.9 Å². The van der Waals surface area contributed by atoms with Gasteiger partial charge in [0.25, 0.3) is 5.69 Å². The first-order valence-electron chi connectivity index (χ1n) is 14.8. The molecule has 2 aromatic heterocycles. The average Bonchev–Trinajstić information content (AvgIpc) is 3.14. The van der Waals surface area contributed by atoms with Crippen LogP contribution in [0.4, 0.5) is 11.4 Å². The molecule has 0 amide bonds. The zero-order valence-electron chi connectivity index (χ0n) is 26.9. The number of nitro groups is 1. The molecule has 48 heavy (non-hydrogen) atoms. The molecule has 0 fully saturated rings. The predicted octanol–water partition coefficient (Wildman–Crippen LogP) is 8.36. The lowest BCUT2D eigenvalue weighted by Gasteiger charge is -2.12. The SMILES string of the molecule is COc1ccccc1-c1cnc(-c2ccccc2OC)c(N)c1.COc1ccccc1-c1cnc(-c2ccccc2OC)c([N+](=O)[O-])c1. The summed E-state index contributed by atoms with van der Waals surface area (Å²) >= 11 is 0. The van der Waals surface area contributed by atoms with Crippen LogP contribution >= 0.6 is 0 Å². The second-order valence-corrected chi connectivity index (χ2v) is 10.3. The van der Waals surface area contributed by atoms with Gasteiger partial charge in [-0.15, -0.1) is 0 Å². The summed E-state index contributed by atoms with van der Waals surface area (Å²) in [5, 5.41) is 11.6. The van der Waals surface area contributed by atoms with Crippen LogP contribution in [0.25, 0.3) is 44.8 Å². The highest BCUT2D eigenvalue weighted by Crippen LogP contribution is 2.39. The molecular weight excluding hydrogens is 608 g/mol. The lowest BCUT2D eigenvalue weighted by Crippen LogP contribution is -1.98. The molecule has 2 N–H and O–H groups in total. The summed E-state index contributed by atoms with van der Waals surface area (Å²) in [6.07, 6.45) is 3.41. The number of pyridine rings is 2. The molecule has 4 aromatic carbocycles. The van der Waals surface area contributed by atoms with Crippen molar-refractivity contribution in [1.29, 1.82) is 0 Å². The van der Waals surface area contributed by atoms with E-state index in [-0.39, 0.29) is 11.4 Å². The van der Waals surface area contributed by atoms with E-state index in [1.807, 2.05) is 72.8 Å². The quantitative estimate of drug-likeness (QED) is 0.122. The number of hydrogen-bond acceptors (Lipinski definition) is 9. The van der Waals surface area contributed by atoms with Gasteiger partial charge in [0.15, 0.2) is 5.69 Å². The molecule has 10 nitrogen and oxygen atoms in total. The summed E-state index contributed by atoms with van der Waals surface area (Å²) in [6, 6.07) is 33.3. The van der Waals surface area contributed by atoms with E-state index in [0.29, 0.717) is 34.0 Å².